The van der Waals surface area contributed by atoms with Gasteiger partial charge in [-0.3, -0.25) is 9.98 Å². The fourth-order valence-corrected chi connectivity index (χ4v) is 1.14. The SMILES string of the molecule is C=C/C(=C\N=C)CNCc1cccnc1. The molecule has 1 heterocycles. The van der Waals surface area contributed by atoms with Crippen LogP contribution in [0.1, 0.15) is 5.56 Å². The Bertz CT molecular complexity index is 341. The zero-order chi connectivity index (χ0) is 10.9. The molecule has 1 aromatic rings. The smallest absolute Gasteiger partial charge is 0.0312 e. The van der Waals surface area contributed by atoms with Crippen LogP contribution in [0.25, 0.3) is 0 Å². The number of rotatable bonds is 6. The molecule has 3 nitrogen and oxygen atoms in total. The predicted octanol–water partition coefficient (Wildman–Crippen LogP) is 1.94. The molecule has 0 unspecified atom stereocenters. The monoisotopic (exact) mass is 201 g/mol. The van der Waals surface area contributed by atoms with E-state index < -0.39 is 0 Å². The summed E-state index contributed by atoms with van der Waals surface area (Å²) in [5, 5.41) is 3.27. The molecule has 0 bridgehead atoms. The molecule has 1 N–H and O–H groups in total. The van der Waals surface area contributed by atoms with Crippen LogP contribution >= 0.6 is 0 Å². The molecule has 0 aliphatic rings. The third-order valence-corrected chi connectivity index (χ3v) is 1.90. The van der Waals surface area contributed by atoms with Gasteiger partial charge in [0.2, 0.25) is 0 Å². The molecular formula is C12H15N3. The minimum absolute atomic E-state index is 0.734. The Morgan fingerprint density at radius 1 is 1.60 bits per heavy atom. The van der Waals surface area contributed by atoms with Gasteiger partial charge in [0.25, 0.3) is 0 Å². The van der Waals surface area contributed by atoms with Crippen LogP contribution in [0.5, 0.6) is 0 Å². The Balaban J connectivity index is 2.36. The average Bonchev–Trinajstić information content (AvgIpc) is 2.29. The van der Waals surface area contributed by atoms with Crippen molar-refractivity contribution in [3.05, 3.63) is 54.5 Å². The summed E-state index contributed by atoms with van der Waals surface area (Å²) in [6.45, 7) is 8.62. The number of aromatic nitrogens is 1. The van der Waals surface area contributed by atoms with Crippen LogP contribution in [0.2, 0.25) is 0 Å². The molecule has 0 saturated carbocycles. The molecule has 1 aromatic heterocycles. The first-order chi connectivity index (χ1) is 7.36. The van der Waals surface area contributed by atoms with E-state index in [9.17, 15) is 0 Å². The quantitative estimate of drug-likeness (QED) is 0.564. The highest BCUT2D eigenvalue weighted by atomic mass is 14.9. The molecule has 78 valence electrons. The summed E-state index contributed by atoms with van der Waals surface area (Å²) in [6, 6.07) is 3.95. The molecule has 0 spiro atoms. The van der Waals surface area contributed by atoms with Crippen molar-refractivity contribution in [1.29, 1.82) is 0 Å². The molecule has 0 saturated heterocycles. The first kappa shape index (κ1) is 11.3. The van der Waals surface area contributed by atoms with Gasteiger partial charge in [0.1, 0.15) is 0 Å². The van der Waals surface area contributed by atoms with E-state index in [1.54, 1.807) is 18.5 Å². The summed E-state index contributed by atoms with van der Waals surface area (Å²) in [5.74, 6) is 0. The second-order valence-electron chi connectivity index (χ2n) is 3.06. The van der Waals surface area contributed by atoms with Crippen LogP contribution in [0.4, 0.5) is 0 Å². The molecule has 0 aromatic carbocycles. The molecule has 3 heteroatoms. The summed E-state index contributed by atoms with van der Waals surface area (Å²) in [6.07, 6.45) is 7.07. The van der Waals surface area contributed by atoms with Crippen molar-refractivity contribution in [3.63, 3.8) is 0 Å². The van der Waals surface area contributed by atoms with Crippen LogP contribution < -0.4 is 5.32 Å². The maximum atomic E-state index is 4.04. The molecule has 1 rings (SSSR count). The molecule has 0 atom stereocenters. The normalized spacial score (nSPS) is 11.1. The summed E-state index contributed by atoms with van der Waals surface area (Å²) in [4.78, 5) is 7.73. The Hall–Kier alpha value is -1.74. The van der Waals surface area contributed by atoms with Gasteiger partial charge in [-0.05, 0) is 23.9 Å². The van der Waals surface area contributed by atoms with E-state index in [1.807, 2.05) is 18.3 Å². The number of aliphatic imine (C=N–C) groups is 1. The third kappa shape index (κ3) is 4.33. The molecule has 0 radical (unpaired) electrons. The molecular weight excluding hydrogens is 186 g/mol. The van der Waals surface area contributed by atoms with Gasteiger partial charge in [-0.25, -0.2) is 0 Å². The molecule has 0 fully saturated rings. The van der Waals surface area contributed by atoms with E-state index >= 15 is 0 Å². The lowest BCUT2D eigenvalue weighted by molar-refractivity contribution is 0.743. The third-order valence-electron chi connectivity index (χ3n) is 1.90. The zero-order valence-corrected chi connectivity index (χ0v) is 8.69. The summed E-state index contributed by atoms with van der Waals surface area (Å²) in [5.41, 5.74) is 2.18. The maximum Gasteiger partial charge on any atom is 0.0312 e. The highest BCUT2D eigenvalue weighted by Crippen LogP contribution is 1.97. The van der Waals surface area contributed by atoms with Gasteiger partial charge < -0.3 is 5.32 Å². The number of nitrogens with zero attached hydrogens (tertiary/aromatic N) is 2. The van der Waals surface area contributed by atoms with E-state index in [1.165, 1.54) is 0 Å². The van der Waals surface area contributed by atoms with Gasteiger partial charge in [-0.15, -0.1) is 0 Å². The van der Waals surface area contributed by atoms with Gasteiger partial charge in [-0.1, -0.05) is 18.7 Å². The number of nitrogens with one attached hydrogen (secondary N) is 1. The van der Waals surface area contributed by atoms with Crippen molar-refractivity contribution < 1.29 is 0 Å². The molecule has 0 amide bonds. The van der Waals surface area contributed by atoms with Crippen LogP contribution in [0.3, 0.4) is 0 Å². The predicted molar refractivity (Wildman–Crippen MR) is 63.8 cm³/mol. The highest BCUT2D eigenvalue weighted by Gasteiger charge is 1.93. The fraction of sp³-hybridized carbons (Fsp3) is 0.167. The molecule has 15 heavy (non-hydrogen) atoms. The Morgan fingerprint density at radius 2 is 2.47 bits per heavy atom. The topological polar surface area (TPSA) is 37.3 Å². The standard InChI is InChI=1S/C12H15N3/c1-3-11(7-13-2)8-15-10-12-5-4-6-14-9-12/h3-7,9,15H,1-2,8,10H2/b11-7+. The first-order valence-electron chi connectivity index (χ1n) is 4.73. The van der Waals surface area contributed by atoms with Crippen molar-refractivity contribution in [3.8, 4) is 0 Å². The summed E-state index contributed by atoms with van der Waals surface area (Å²) >= 11 is 0. The van der Waals surface area contributed by atoms with Crippen molar-refractivity contribution in [1.82, 2.24) is 10.3 Å². The van der Waals surface area contributed by atoms with E-state index in [-0.39, 0.29) is 0 Å². The number of pyridine rings is 1. The molecule has 0 aliphatic carbocycles. The van der Waals surface area contributed by atoms with E-state index in [2.05, 4.69) is 28.6 Å². The summed E-state index contributed by atoms with van der Waals surface area (Å²) in [7, 11) is 0. The van der Waals surface area contributed by atoms with Crippen LogP contribution in [-0.4, -0.2) is 18.2 Å². The van der Waals surface area contributed by atoms with Crippen LogP contribution in [0.15, 0.2) is 53.9 Å². The largest absolute Gasteiger partial charge is 0.309 e. The van der Waals surface area contributed by atoms with Crippen LogP contribution in [-0.2, 0) is 6.54 Å². The van der Waals surface area contributed by atoms with Crippen molar-refractivity contribution in [2.75, 3.05) is 6.54 Å². The lowest BCUT2D eigenvalue weighted by Crippen LogP contribution is -2.15. The van der Waals surface area contributed by atoms with Crippen molar-refractivity contribution in [2.45, 2.75) is 6.54 Å². The van der Waals surface area contributed by atoms with Gasteiger partial charge in [0, 0.05) is 31.7 Å². The first-order valence-corrected chi connectivity index (χ1v) is 4.73. The van der Waals surface area contributed by atoms with Gasteiger partial charge in [0.15, 0.2) is 0 Å². The van der Waals surface area contributed by atoms with Gasteiger partial charge >= 0.3 is 0 Å². The van der Waals surface area contributed by atoms with Gasteiger partial charge in [0.05, 0.1) is 0 Å². The summed E-state index contributed by atoms with van der Waals surface area (Å²) < 4.78 is 0. The van der Waals surface area contributed by atoms with E-state index in [0.717, 1.165) is 24.2 Å². The van der Waals surface area contributed by atoms with E-state index in [4.69, 9.17) is 0 Å². The van der Waals surface area contributed by atoms with E-state index in [0.29, 0.717) is 0 Å². The number of hydrogen-bond acceptors (Lipinski definition) is 3. The van der Waals surface area contributed by atoms with Crippen LogP contribution in [0, 0.1) is 0 Å². The second-order valence-corrected chi connectivity index (χ2v) is 3.06. The number of hydrogen-bond donors (Lipinski definition) is 1. The molecule has 0 aliphatic heterocycles. The van der Waals surface area contributed by atoms with Crippen molar-refractivity contribution in [2.24, 2.45) is 4.99 Å². The lowest BCUT2D eigenvalue weighted by Gasteiger charge is -2.04. The minimum atomic E-state index is 0.734. The Labute approximate surface area is 90.3 Å². The fourth-order valence-electron chi connectivity index (χ4n) is 1.14. The van der Waals surface area contributed by atoms with Crippen molar-refractivity contribution >= 4 is 6.72 Å². The zero-order valence-electron chi connectivity index (χ0n) is 8.69. The second kappa shape index (κ2) is 6.68. The van der Waals surface area contributed by atoms with Gasteiger partial charge in [-0.2, -0.15) is 0 Å². The lowest BCUT2D eigenvalue weighted by atomic mass is 10.2. The average molecular weight is 201 g/mol. The Morgan fingerprint density at radius 3 is 3.07 bits per heavy atom. The highest BCUT2D eigenvalue weighted by molar-refractivity contribution is 5.29. The maximum absolute atomic E-state index is 4.04. The minimum Gasteiger partial charge on any atom is -0.309 e. The Kier molecular flexibility index (Phi) is 5.04.